The third-order valence-corrected chi connectivity index (χ3v) is 6.51. The van der Waals surface area contributed by atoms with E-state index in [1.54, 1.807) is 23.2 Å². The van der Waals surface area contributed by atoms with E-state index >= 15 is 0 Å². The van der Waals surface area contributed by atoms with Crippen molar-refractivity contribution in [3.8, 4) is 11.3 Å². The molecule has 0 radical (unpaired) electrons. The van der Waals surface area contributed by atoms with E-state index in [2.05, 4.69) is 25.7 Å². The number of hydrogen-bond donors (Lipinski definition) is 1. The Morgan fingerprint density at radius 3 is 2.56 bits per heavy atom. The lowest BCUT2D eigenvalue weighted by molar-refractivity contribution is 0.0148. The van der Waals surface area contributed by atoms with Gasteiger partial charge in [0, 0.05) is 24.4 Å². The smallest absolute Gasteiger partial charge is 0.416 e. The summed E-state index contributed by atoms with van der Waals surface area (Å²) in [5.74, 6) is 0.211. The van der Waals surface area contributed by atoms with E-state index in [4.69, 9.17) is 4.74 Å². The van der Waals surface area contributed by atoms with Gasteiger partial charge < -0.3 is 10.1 Å². The SMILES string of the molecule is Cc1cc(NC[C@H]2CC[C@]3(CC2)CN(c2cccnn2)C(=O)O3)nnc1-c1cc(F)cc(F)c1. The minimum Gasteiger partial charge on any atom is -0.441 e. The van der Waals surface area contributed by atoms with Crippen LogP contribution in [0.1, 0.15) is 31.2 Å². The van der Waals surface area contributed by atoms with Gasteiger partial charge >= 0.3 is 6.09 Å². The molecule has 2 aliphatic rings. The zero-order valence-corrected chi connectivity index (χ0v) is 18.7. The van der Waals surface area contributed by atoms with Gasteiger partial charge in [0.2, 0.25) is 0 Å². The molecule has 1 aromatic carbocycles. The molecule has 1 aliphatic heterocycles. The number of halogens is 2. The van der Waals surface area contributed by atoms with Crippen molar-refractivity contribution in [3.05, 3.63) is 59.8 Å². The second-order valence-electron chi connectivity index (χ2n) is 8.96. The molecule has 3 aromatic rings. The highest BCUT2D eigenvalue weighted by molar-refractivity contribution is 5.89. The molecule has 10 heteroatoms. The first-order valence-electron chi connectivity index (χ1n) is 11.2. The summed E-state index contributed by atoms with van der Waals surface area (Å²) < 4.78 is 32.9. The van der Waals surface area contributed by atoms with Crippen molar-refractivity contribution >= 4 is 17.7 Å². The van der Waals surface area contributed by atoms with Crippen LogP contribution >= 0.6 is 0 Å². The molecule has 0 unspecified atom stereocenters. The fourth-order valence-electron chi connectivity index (χ4n) is 4.70. The van der Waals surface area contributed by atoms with Crippen molar-refractivity contribution < 1.29 is 18.3 Å². The highest BCUT2D eigenvalue weighted by atomic mass is 19.1. The molecule has 34 heavy (non-hydrogen) atoms. The molecule has 1 aliphatic carbocycles. The Balaban J connectivity index is 1.17. The Morgan fingerprint density at radius 2 is 1.88 bits per heavy atom. The molecule has 8 nitrogen and oxygen atoms in total. The number of amides is 1. The molecule has 1 spiro atoms. The zero-order chi connectivity index (χ0) is 23.7. The predicted molar refractivity (Wildman–Crippen MR) is 121 cm³/mol. The van der Waals surface area contributed by atoms with Gasteiger partial charge in [-0.05, 0) is 74.4 Å². The van der Waals surface area contributed by atoms with Gasteiger partial charge in [-0.1, -0.05) is 0 Å². The average Bonchev–Trinajstić information content (AvgIpc) is 3.14. The van der Waals surface area contributed by atoms with E-state index in [1.165, 1.54) is 12.1 Å². The number of rotatable bonds is 5. The van der Waals surface area contributed by atoms with E-state index < -0.39 is 17.2 Å². The van der Waals surface area contributed by atoms with Crippen LogP contribution in [0.5, 0.6) is 0 Å². The molecule has 1 saturated heterocycles. The molecule has 1 N–H and O–H groups in total. The lowest BCUT2D eigenvalue weighted by Crippen LogP contribution is -2.39. The number of aromatic nitrogens is 4. The Bertz CT molecular complexity index is 1180. The van der Waals surface area contributed by atoms with Crippen molar-refractivity contribution in [1.29, 1.82) is 0 Å². The zero-order valence-electron chi connectivity index (χ0n) is 18.7. The van der Waals surface area contributed by atoms with Gasteiger partial charge in [0.15, 0.2) is 5.82 Å². The summed E-state index contributed by atoms with van der Waals surface area (Å²) >= 11 is 0. The summed E-state index contributed by atoms with van der Waals surface area (Å²) in [5, 5.41) is 19.6. The highest BCUT2D eigenvalue weighted by Crippen LogP contribution is 2.40. The minimum atomic E-state index is -0.652. The van der Waals surface area contributed by atoms with Crippen molar-refractivity contribution in [2.75, 3.05) is 23.3 Å². The van der Waals surface area contributed by atoms with Crippen LogP contribution in [0.4, 0.5) is 25.2 Å². The number of carbonyl (C=O) groups excluding carboxylic acids is 1. The van der Waals surface area contributed by atoms with Crippen molar-refractivity contribution in [2.24, 2.45) is 5.92 Å². The van der Waals surface area contributed by atoms with Crippen LogP contribution in [0.15, 0.2) is 42.6 Å². The maximum absolute atomic E-state index is 13.6. The maximum atomic E-state index is 13.6. The van der Waals surface area contributed by atoms with Gasteiger partial charge in [-0.25, -0.2) is 13.6 Å². The first-order chi connectivity index (χ1) is 16.4. The number of aryl methyl sites for hydroxylation is 1. The Kier molecular flexibility index (Phi) is 5.80. The van der Waals surface area contributed by atoms with Crippen molar-refractivity contribution in [2.45, 2.75) is 38.2 Å². The van der Waals surface area contributed by atoms with Crippen LogP contribution in [0.2, 0.25) is 0 Å². The number of nitrogens with zero attached hydrogens (tertiary/aromatic N) is 5. The first-order valence-corrected chi connectivity index (χ1v) is 11.2. The molecular weight excluding hydrogens is 442 g/mol. The van der Waals surface area contributed by atoms with Crippen LogP contribution in [0.25, 0.3) is 11.3 Å². The summed E-state index contributed by atoms with van der Waals surface area (Å²) in [6.45, 7) is 3.02. The Labute approximate surface area is 195 Å². The monoisotopic (exact) mass is 466 g/mol. The topological polar surface area (TPSA) is 93.1 Å². The first kappa shape index (κ1) is 22.1. The quantitative estimate of drug-likeness (QED) is 0.591. The van der Waals surface area contributed by atoms with Crippen LogP contribution in [0, 0.1) is 24.5 Å². The fourth-order valence-corrected chi connectivity index (χ4v) is 4.70. The van der Waals surface area contributed by atoms with E-state index in [1.807, 2.05) is 13.0 Å². The number of hydrogen-bond acceptors (Lipinski definition) is 7. The van der Waals surface area contributed by atoms with Crippen molar-refractivity contribution in [1.82, 2.24) is 20.4 Å². The van der Waals surface area contributed by atoms with Crippen LogP contribution in [-0.2, 0) is 4.74 Å². The van der Waals surface area contributed by atoms with Crippen LogP contribution in [-0.4, -0.2) is 45.2 Å². The summed E-state index contributed by atoms with van der Waals surface area (Å²) in [4.78, 5) is 14.0. The van der Waals surface area contributed by atoms with E-state index in [0.717, 1.165) is 37.3 Å². The minimum absolute atomic E-state index is 0.355. The molecule has 0 bridgehead atoms. The highest BCUT2D eigenvalue weighted by Gasteiger charge is 2.48. The largest absolute Gasteiger partial charge is 0.441 e. The Morgan fingerprint density at radius 1 is 1.12 bits per heavy atom. The summed E-state index contributed by atoms with van der Waals surface area (Å²) in [6, 6.07) is 8.64. The van der Waals surface area contributed by atoms with Crippen LogP contribution < -0.4 is 10.2 Å². The molecule has 5 rings (SSSR count). The van der Waals surface area contributed by atoms with Gasteiger partial charge in [0.1, 0.15) is 23.1 Å². The standard InChI is InChI=1S/C24H24F2N6O2/c1-15-9-20(29-31-22(15)17-10-18(25)12-19(26)11-17)27-13-16-4-6-24(7-5-16)14-32(23(33)34-24)21-3-2-8-28-30-21/h2-3,8-12,16H,4-7,13-14H2,1H3,(H,27,29)/t16-,24-. The Hall–Kier alpha value is -3.69. The lowest BCUT2D eigenvalue weighted by atomic mass is 9.78. The van der Waals surface area contributed by atoms with Gasteiger partial charge in [-0.2, -0.15) is 5.10 Å². The number of nitrogens with one attached hydrogen (secondary N) is 1. The molecule has 1 amide bonds. The fraction of sp³-hybridized carbons (Fsp3) is 0.375. The van der Waals surface area contributed by atoms with Crippen LogP contribution in [0.3, 0.4) is 0 Å². The summed E-state index contributed by atoms with van der Waals surface area (Å²) in [6.07, 6.45) is 4.55. The normalized spacial score (nSPS) is 22.1. The summed E-state index contributed by atoms with van der Waals surface area (Å²) in [7, 11) is 0. The maximum Gasteiger partial charge on any atom is 0.416 e. The summed E-state index contributed by atoms with van der Waals surface area (Å²) in [5.41, 5.74) is 1.09. The van der Waals surface area contributed by atoms with Gasteiger partial charge in [0.25, 0.3) is 0 Å². The molecule has 2 fully saturated rings. The van der Waals surface area contributed by atoms with E-state index in [0.29, 0.717) is 41.9 Å². The van der Waals surface area contributed by atoms with Crippen molar-refractivity contribution in [3.63, 3.8) is 0 Å². The number of benzene rings is 1. The molecule has 1 saturated carbocycles. The van der Waals surface area contributed by atoms with Gasteiger partial charge in [0.05, 0.1) is 12.2 Å². The van der Waals surface area contributed by atoms with Gasteiger partial charge in [-0.15, -0.1) is 15.3 Å². The number of carbonyl (C=O) groups is 1. The predicted octanol–water partition coefficient (Wildman–Crippen LogP) is 4.52. The van der Waals surface area contributed by atoms with E-state index in [9.17, 15) is 13.6 Å². The molecule has 176 valence electrons. The van der Waals surface area contributed by atoms with Gasteiger partial charge in [-0.3, -0.25) is 4.90 Å². The molecule has 3 heterocycles. The third-order valence-electron chi connectivity index (χ3n) is 6.51. The second kappa shape index (κ2) is 8.92. The molecule has 0 atom stereocenters. The number of ether oxygens (including phenoxy) is 1. The lowest BCUT2D eigenvalue weighted by Gasteiger charge is -2.35. The van der Waals surface area contributed by atoms with E-state index in [-0.39, 0.29) is 6.09 Å². The average molecular weight is 466 g/mol. The number of anilines is 2. The second-order valence-corrected chi connectivity index (χ2v) is 8.96. The molecule has 2 aromatic heterocycles. The molecular formula is C24H24F2N6O2. The third kappa shape index (κ3) is 4.52.